The SMILES string of the molecule is CN(C)CC(O)COCC(O)COCC(O)CN(C)C. The van der Waals surface area contributed by atoms with Crippen LogP contribution >= 0.6 is 0 Å². The van der Waals surface area contributed by atoms with E-state index in [1.165, 1.54) is 0 Å². The minimum atomic E-state index is -0.756. The zero-order valence-electron chi connectivity index (χ0n) is 13.0. The van der Waals surface area contributed by atoms with Crippen LogP contribution in [0.1, 0.15) is 0 Å². The third-order valence-corrected chi connectivity index (χ3v) is 2.39. The lowest BCUT2D eigenvalue weighted by molar-refractivity contribution is -0.0560. The van der Waals surface area contributed by atoms with E-state index in [1.54, 1.807) is 0 Å². The molecule has 2 unspecified atom stereocenters. The summed E-state index contributed by atoms with van der Waals surface area (Å²) >= 11 is 0. The van der Waals surface area contributed by atoms with Crippen molar-refractivity contribution in [2.24, 2.45) is 0 Å². The Balaban J connectivity index is 3.52. The third-order valence-electron chi connectivity index (χ3n) is 2.39. The van der Waals surface area contributed by atoms with Gasteiger partial charge >= 0.3 is 0 Å². The Morgan fingerprint density at radius 1 is 0.650 bits per heavy atom. The van der Waals surface area contributed by atoms with Crippen LogP contribution in [0.25, 0.3) is 0 Å². The molecule has 3 N–H and O–H groups in total. The quantitative estimate of drug-likeness (QED) is 0.392. The van der Waals surface area contributed by atoms with Gasteiger partial charge in [0.15, 0.2) is 0 Å². The maximum Gasteiger partial charge on any atom is 0.101 e. The summed E-state index contributed by atoms with van der Waals surface area (Å²) in [5, 5.41) is 28.7. The van der Waals surface area contributed by atoms with E-state index in [9.17, 15) is 15.3 Å². The summed E-state index contributed by atoms with van der Waals surface area (Å²) in [6.07, 6.45) is -1.90. The van der Waals surface area contributed by atoms with Crippen LogP contribution in [0.4, 0.5) is 0 Å². The molecule has 122 valence electrons. The van der Waals surface area contributed by atoms with Crippen molar-refractivity contribution in [2.75, 3.05) is 67.7 Å². The van der Waals surface area contributed by atoms with E-state index in [4.69, 9.17) is 9.47 Å². The largest absolute Gasteiger partial charge is 0.389 e. The Labute approximate surface area is 121 Å². The van der Waals surface area contributed by atoms with Gasteiger partial charge < -0.3 is 34.6 Å². The van der Waals surface area contributed by atoms with Crippen LogP contribution in [0.3, 0.4) is 0 Å². The summed E-state index contributed by atoms with van der Waals surface area (Å²) in [4.78, 5) is 3.72. The highest BCUT2D eigenvalue weighted by molar-refractivity contribution is 4.60. The van der Waals surface area contributed by atoms with Gasteiger partial charge in [0.1, 0.15) is 6.10 Å². The number of ether oxygens (including phenoxy) is 2. The normalized spacial score (nSPS) is 16.6. The Morgan fingerprint density at radius 2 is 0.950 bits per heavy atom. The van der Waals surface area contributed by atoms with Crippen LogP contribution in [-0.4, -0.2) is 111 Å². The summed E-state index contributed by atoms with van der Waals surface area (Å²) in [6, 6.07) is 0. The van der Waals surface area contributed by atoms with Crippen molar-refractivity contribution in [3.05, 3.63) is 0 Å². The predicted molar refractivity (Wildman–Crippen MR) is 76.8 cm³/mol. The van der Waals surface area contributed by atoms with Crippen molar-refractivity contribution in [3.63, 3.8) is 0 Å². The minimum Gasteiger partial charge on any atom is -0.389 e. The Bertz CT molecular complexity index is 207. The number of aliphatic hydroxyl groups is 3. The van der Waals surface area contributed by atoms with Gasteiger partial charge in [-0.2, -0.15) is 0 Å². The molecule has 2 atom stereocenters. The van der Waals surface area contributed by atoms with Crippen LogP contribution in [0, 0.1) is 0 Å². The first kappa shape index (κ1) is 19.7. The van der Waals surface area contributed by atoms with Crippen LogP contribution < -0.4 is 0 Å². The monoisotopic (exact) mass is 294 g/mol. The lowest BCUT2D eigenvalue weighted by Gasteiger charge is -2.18. The van der Waals surface area contributed by atoms with Gasteiger partial charge in [-0.15, -0.1) is 0 Å². The van der Waals surface area contributed by atoms with Crippen molar-refractivity contribution in [1.29, 1.82) is 0 Å². The molecule has 20 heavy (non-hydrogen) atoms. The van der Waals surface area contributed by atoms with Gasteiger partial charge in [0.2, 0.25) is 0 Å². The van der Waals surface area contributed by atoms with E-state index >= 15 is 0 Å². The lowest BCUT2D eigenvalue weighted by Crippen LogP contribution is -2.33. The van der Waals surface area contributed by atoms with E-state index in [2.05, 4.69) is 0 Å². The Hall–Kier alpha value is -0.280. The van der Waals surface area contributed by atoms with E-state index in [-0.39, 0.29) is 26.4 Å². The zero-order valence-corrected chi connectivity index (χ0v) is 13.0. The van der Waals surface area contributed by atoms with Crippen LogP contribution in [0.5, 0.6) is 0 Å². The Morgan fingerprint density at radius 3 is 1.25 bits per heavy atom. The van der Waals surface area contributed by atoms with Crippen molar-refractivity contribution >= 4 is 0 Å². The summed E-state index contributed by atoms with van der Waals surface area (Å²) in [5.41, 5.74) is 0. The zero-order chi connectivity index (χ0) is 15.5. The molecule has 0 rings (SSSR count). The molecular weight excluding hydrogens is 264 g/mol. The predicted octanol–water partition coefficient (Wildman–Crippen LogP) is -1.77. The second-order valence-electron chi connectivity index (χ2n) is 5.56. The molecular formula is C13H30N2O5. The highest BCUT2D eigenvalue weighted by Gasteiger charge is 2.11. The molecule has 0 aromatic rings. The molecule has 0 fully saturated rings. The second-order valence-corrected chi connectivity index (χ2v) is 5.56. The summed E-state index contributed by atoms with van der Waals surface area (Å²) in [7, 11) is 7.46. The topological polar surface area (TPSA) is 85.6 Å². The van der Waals surface area contributed by atoms with E-state index < -0.39 is 18.3 Å². The molecule has 7 nitrogen and oxygen atoms in total. The van der Waals surface area contributed by atoms with Gasteiger partial charge in [-0.1, -0.05) is 0 Å². The summed E-state index contributed by atoms with van der Waals surface area (Å²) < 4.78 is 10.4. The fourth-order valence-electron chi connectivity index (χ4n) is 1.68. The van der Waals surface area contributed by atoms with Crippen LogP contribution in [0.15, 0.2) is 0 Å². The summed E-state index contributed by atoms with van der Waals surface area (Å²) in [5.74, 6) is 0. The molecule has 7 heteroatoms. The average molecular weight is 294 g/mol. The van der Waals surface area contributed by atoms with Gasteiger partial charge in [-0.05, 0) is 28.2 Å². The first-order chi connectivity index (χ1) is 9.31. The molecule has 0 heterocycles. The fourth-order valence-corrected chi connectivity index (χ4v) is 1.68. The first-order valence-electron chi connectivity index (χ1n) is 6.80. The molecule has 0 bridgehead atoms. The van der Waals surface area contributed by atoms with Crippen molar-refractivity contribution in [3.8, 4) is 0 Å². The molecule has 0 aromatic heterocycles. The molecule has 0 aliphatic heterocycles. The van der Waals surface area contributed by atoms with Gasteiger partial charge in [0.05, 0.1) is 38.6 Å². The molecule has 0 aromatic carbocycles. The fraction of sp³-hybridized carbons (Fsp3) is 1.00. The van der Waals surface area contributed by atoms with Crippen molar-refractivity contribution in [2.45, 2.75) is 18.3 Å². The molecule has 0 amide bonds. The van der Waals surface area contributed by atoms with Gasteiger partial charge in [-0.25, -0.2) is 0 Å². The van der Waals surface area contributed by atoms with Crippen LogP contribution in [0.2, 0.25) is 0 Å². The maximum absolute atomic E-state index is 9.60. The number of likely N-dealkylation sites (N-methyl/N-ethyl adjacent to an activating group) is 2. The molecule has 0 aliphatic carbocycles. The van der Waals surface area contributed by atoms with Gasteiger partial charge in [0.25, 0.3) is 0 Å². The molecule has 0 saturated carbocycles. The number of hydrogen-bond acceptors (Lipinski definition) is 7. The maximum atomic E-state index is 9.60. The number of rotatable bonds is 12. The average Bonchev–Trinajstić information content (AvgIpc) is 2.26. The third kappa shape index (κ3) is 12.7. The smallest absolute Gasteiger partial charge is 0.101 e. The molecule has 0 aliphatic rings. The minimum absolute atomic E-state index is 0.105. The Kier molecular flexibility index (Phi) is 11.2. The summed E-state index contributed by atoms with van der Waals surface area (Å²) in [6.45, 7) is 1.60. The van der Waals surface area contributed by atoms with E-state index in [0.29, 0.717) is 13.1 Å². The molecule has 0 saturated heterocycles. The van der Waals surface area contributed by atoms with Gasteiger partial charge in [0, 0.05) is 13.1 Å². The number of nitrogens with zero attached hydrogens (tertiary/aromatic N) is 2. The van der Waals surface area contributed by atoms with E-state index in [0.717, 1.165) is 0 Å². The molecule has 0 radical (unpaired) electrons. The van der Waals surface area contributed by atoms with Crippen molar-refractivity contribution in [1.82, 2.24) is 9.80 Å². The van der Waals surface area contributed by atoms with Gasteiger partial charge in [-0.3, -0.25) is 0 Å². The van der Waals surface area contributed by atoms with Crippen molar-refractivity contribution < 1.29 is 24.8 Å². The molecule has 0 spiro atoms. The number of aliphatic hydroxyl groups excluding tert-OH is 3. The highest BCUT2D eigenvalue weighted by Crippen LogP contribution is 1.94. The second kappa shape index (κ2) is 11.4. The highest BCUT2D eigenvalue weighted by atomic mass is 16.5. The van der Waals surface area contributed by atoms with E-state index in [1.807, 2.05) is 38.0 Å². The first-order valence-corrected chi connectivity index (χ1v) is 6.80. The van der Waals surface area contributed by atoms with Crippen LogP contribution in [-0.2, 0) is 9.47 Å². The lowest BCUT2D eigenvalue weighted by atomic mass is 10.3. The standard InChI is InChI=1S/C13H30N2O5/c1-14(2)5-11(16)7-19-9-13(18)10-20-8-12(17)6-15(3)4/h11-13,16-18H,5-10H2,1-4H3. The number of hydrogen-bond donors (Lipinski definition) is 3.